The van der Waals surface area contributed by atoms with E-state index in [1.54, 1.807) is 44.4 Å². The highest BCUT2D eigenvalue weighted by molar-refractivity contribution is 5.97. The third kappa shape index (κ3) is 6.31. The quantitative estimate of drug-likeness (QED) is 0.747. The third-order valence-corrected chi connectivity index (χ3v) is 5.28. The molecule has 1 fully saturated rings. The first kappa shape index (κ1) is 22.3. The summed E-state index contributed by atoms with van der Waals surface area (Å²) in [7, 11) is 3.39. The van der Waals surface area contributed by atoms with E-state index < -0.39 is 0 Å². The van der Waals surface area contributed by atoms with Gasteiger partial charge >= 0.3 is 0 Å². The molecule has 31 heavy (non-hydrogen) atoms. The second kappa shape index (κ2) is 10.6. The molecule has 1 heterocycles. The largest absolute Gasteiger partial charge is 0.376 e. The summed E-state index contributed by atoms with van der Waals surface area (Å²) in [4.78, 5) is 40.4. The Hall–Kier alpha value is -3.35. The number of nitrogens with zero attached hydrogens (tertiary/aromatic N) is 2. The van der Waals surface area contributed by atoms with Crippen molar-refractivity contribution in [3.05, 3.63) is 59.7 Å². The summed E-state index contributed by atoms with van der Waals surface area (Å²) < 4.78 is 0. The van der Waals surface area contributed by atoms with Crippen molar-refractivity contribution >= 4 is 29.1 Å². The summed E-state index contributed by atoms with van der Waals surface area (Å²) in [6, 6.07) is 14.0. The molecule has 7 nitrogen and oxygen atoms in total. The molecule has 2 aromatic rings. The fourth-order valence-corrected chi connectivity index (χ4v) is 3.56. The second-order valence-corrected chi connectivity index (χ2v) is 7.97. The Labute approximate surface area is 183 Å². The Morgan fingerprint density at radius 1 is 0.871 bits per heavy atom. The maximum atomic E-state index is 12.8. The van der Waals surface area contributed by atoms with Crippen LogP contribution in [0.4, 0.5) is 11.4 Å². The predicted molar refractivity (Wildman–Crippen MR) is 122 cm³/mol. The van der Waals surface area contributed by atoms with Crippen LogP contribution in [-0.4, -0.2) is 61.3 Å². The summed E-state index contributed by atoms with van der Waals surface area (Å²) in [6.07, 6.45) is 4.45. The summed E-state index contributed by atoms with van der Waals surface area (Å²) >= 11 is 0. The molecule has 0 aliphatic carbocycles. The first-order valence-electron chi connectivity index (χ1n) is 10.7. The zero-order valence-electron chi connectivity index (χ0n) is 18.2. The summed E-state index contributed by atoms with van der Waals surface area (Å²) in [5.41, 5.74) is 2.54. The number of amides is 3. The van der Waals surface area contributed by atoms with Gasteiger partial charge in [-0.2, -0.15) is 0 Å². The number of hydrogen-bond donors (Lipinski definition) is 2. The molecule has 1 aliphatic rings. The second-order valence-electron chi connectivity index (χ2n) is 7.97. The summed E-state index contributed by atoms with van der Waals surface area (Å²) in [6.45, 7) is 1.68. The van der Waals surface area contributed by atoms with Crippen LogP contribution in [0.1, 0.15) is 46.4 Å². The van der Waals surface area contributed by atoms with Crippen LogP contribution in [0.15, 0.2) is 48.5 Å². The number of nitrogens with one attached hydrogen (secondary N) is 2. The number of hydrogen-bond acceptors (Lipinski definition) is 4. The number of benzene rings is 2. The molecule has 3 rings (SSSR count). The van der Waals surface area contributed by atoms with Crippen LogP contribution < -0.4 is 10.6 Å². The van der Waals surface area contributed by atoms with Crippen molar-refractivity contribution in [1.29, 1.82) is 0 Å². The molecule has 0 radical (unpaired) electrons. The van der Waals surface area contributed by atoms with E-state index in [0.717, 1.165) is 31.6 Å². The Kier molecular flexibility index (Phi) is 7.65. The molecule has 0 bridgehead atoms. The van der Waals surface area contributed by atoms with Gasteiger partial charge in [-0.3, -0.25) is 14.4 Å². The molecule has 1 saturated heterocycles. The first-order valence-corrected chi connectivity index (χ1v) is 10.7. The Morgan fingerprint density at radius 2 is 1.55 bits per heavy atom. The number of likely N-dealkylation sites (tertiary alicyclic amines) is 1. The van der Waals surface area contributed by atoms with Crippen LogP contribution in [0.2, 0.25) is 0 Å². The van der Waals surface area contributed by atoms with Gasteiger partial charge in [-0.1, -0.05) is 18.9 Å². The minimum Gasteiger partial charge on any atom is -0.376 e. The minimum absolute atomic E-state index is 0.0439. The van der Waals surface area contributed by atoms with E-state index in [0.29, 0.717) is 16.8 Å². The highest BCUT2D eigenvalue weighted by atomic mass is 16.2. The molecule has 1 aliphatic heterocycles. The van der Waals surface area contributed by atoms with E-state index in [4.69, 9.17) is 0 Å². The molecule has 0 saturated carbocycles. The van der Waals surface area contributed by atoms with Gasteiger partial charge in [-0.05, 0) is 55.3 Å². The van der Waals surface area contributed by atoms with Gasteiger partial charge in [-0.25, -0.2) is 0 Å². The van der Waals surface area contributed by atoms with Gasteiger partial charge < -0.3 is 20.4 Å². The molecule has 0 atom stereocenters. The van der Waals surface area contributed by atoms with Crippen molar-refractivity contribution in [1.82, 2.24) is 9.80 Å². The van der Waals surface area contributed by atoms with Gasteiger partial charge in [0.25, 0.3) is 11.8 Å². The van der Waals surface area contributed by atoms with Crippen molar-refractivity contribution in [3.63, 3.8) is 0 Å². The first-order chi connectivity index (χ1) is 14.9. The molecular weight excluding hydrogens is 392 g/mol. The maximum Gasteiger partial charge on any atom is 0.253 e. The smallest absolute Gasteiger partial charge is 0.253 e. The van der Waals surface area contributed by atoms with Crippen molar-refractivity contribution in [3.8, 4) is 0 Å². The number of rotatable bonds is 6. The van der Waals surface area contributed by atoms with E-state index in [-0.39, 0.29) is 24.3 Å². The van der Waals surface area contributed by atoms with Crippen molar-refractivity contribution in [2.75, 3.05) is 44.4 Å². The van der Waals surface area contributed by atoms with Crippen LogP contribution in [0.5, 0.6) is 0 Å². The van der Waals surface area contributed by atoms with Gasteiger partial charge in [0.05, 0.1) is 6.54 Å². The molecular formula is C24H30N4O3. The molecule has 0 unspecified atom stereocenters. The van der Waals surface area contributed by atoms with Gasteiger partial charge in [0.15, 0.2) is 0 Å². The van der Waals surface area contributed by atoms with Crippen LogP contribution in [0.25, 0.3) is 0 Å². The zero-order chi connectivity index (χ0) is 22.2. The lowest BCUT2D eigenvalue weighted by Gasteiger charge is -2.20. The van der Waals surface area contributed by atoms with Crippen LogP contribution in [-0.2, 0) is 4.79 Å². The SMILES string of the molecule is CN(C)C(=O)c1ccc(NC(=O)CNc2cccc(C(=O)N3CCCCCC3)c2)cc1. The lowest BCUT2D eigenvalue weighted by molar-refractivity contribution is -0.114. The van der Waals surface area contributed by atoms with Gasteiger partial charge in [0, 0.05) is 49.7 Å². The monoisotopic (exact) mass is 422 g/mol. The minimum atomic E-state index is -0.212. The van der Waals surface area contributed by atoms with Crippen LogP contribution in [0.3, 0.4) is 0 Å². The van der Waals surface area contributed by atoms with Crippen LogP contribution in [0, 0.1) is 0 Å². The molecule has 164 valence electrons. The van der Waals surface area contributed by atoms with Crippen molar-refractivity contribution < 1.29 is 14.4 Å². The van der Waals surface area contributed by atoms with Crippen molar-refractivity contribution in [2.24, 2.45) is 0 Å². The fraction of sp³-hybridized carbons (Fsp3) is 0.375. The van der Waals surface area contributed by atoms with Gasteiger partial charge in [0.2, 0.25) is 5.91 Å². The average Bonchev–Trinajstić information content (AvgIpc) is 3.07. The highest BCUT2D eigenvalue weighted by Crippen LogP contribution is 2.17. The number of anilines is 2. The van der Waals surface area contributed by atoms with E-state index >= 15 is 0 Å². The van der Waals surface area contributed by atoms with Gasteiger partial charge in [0.1, 0.15) is 0 Å². The van der Waals surface area contributed by atoms with Crippen molar-refractivity contribution in [2.45, 2.75) is 25.7 Å². The normalized spacial score (nSPS) is 13.8. The fourth-order valence-electron chi connectivity index (χ4n) is 3.56. The van der Waals surface area contributed by atoms with Crippen LogP contribution >= 0.6 is 0 Å². The summed E-state index contributed by atoms with van der Waals surface area (Å²) in [5.74, 6) is -0.257. The number of carbonyl (C=O) groups excluding carboxylic acids is 3. The summed E-state index contributed by atoms with van der Waals surface area (Å²) in [5, 5.41) is 5.88. The Morgan fingerprint density at radius 3 is 2.19 bits per heavy atom. The lowest BCUT2D eigenvalue weighted by atomic mass is 10.1. The molecule has 7 heteroatoms. The molecule has 2 N–H and O–H groups in total. The third-order valence-electron chi connectivity index (χ3n) is 5.28. The number of carbonyl (C=O) groups is 3. The Balaban J connectivity index is 1.54. The average molecular weight is 423 g/mol. The topological polar surface area (TPSA) is 81.8 Å². The molecule has 3 amide bonds. The van der Waals surface area contributed by atoms with E-state index in [1.807, 2.05) is 23.1 Å². The lowest BCUT2D eigenvalue weighted by Crippen LogP contribution is -2.31. The predicted octanol–water partition coefficient (Wildman–Crippen LogP) is 3.46. The van der Waals surface area contributed by atoms with E-state index in [2.05, 4.69) is 10.6 Å². The molecule has 0 spiro atoms. The van der Waals surface area contributed by atoms with E-state index in [1.165, 1.54) is 17.7 Å². The molecule has 0 aromatic heterocycles. The zero-order valence-corrected chi connectivity index (χ0v) is 18.2. The van der Waals surface area contributed by atoms with E-state index in [9.17, 15) is 14.4 Å². The molecule has 2 aromatic carbocycles. The maximum absolute atomic E-state index is 12.8. The standard InChI is InChI=1S/C24H30N4O3/c1-27(2)23(30)18-10-12-20(13-11-18)26-22(29)17-25-21-9-7-8-19(16-21)24(31)28-14-5-3-4-6-15-28/h7-13,16,25H,3-6,14-15,17H2,1-2H3,(H,26,29). The van der Waals surface area contributed by atoms with Gasteiger partial charge in [-0.15, -0.1) is 0 Å². The highest BCUT2D eigenvalue weighted by Gasteiger charge is 2.17. The Bertz CT molecular complexity index is 917.